The van der Waals surface area contributed by atoms with E-state index in [2.05, 4.69) is 5.43 Å². The number of nitrogens with one attached hydrogen (secondary N) is 1. The first-order valence-electron chi connectivity index (χ1n) is 11.5. The van der Waals surface area contributed by atoms with Gasteiger partial charge in [-0.15, -0.1) is 0 Å². The van der Waals surface area contributed by atoms with Crippen molar-refractivity contribution >= 4 is 18.0 Å². The number of esters is 1. The van der Waals surface area contributed by atoms with Gasteiger partial charge in [0.2, 0.25) is 0 Å². The highest BCUT2D eigenvalue weighted by Gasteiger charge is 2.35. The zero-order chi connectivity index (χ0) is 25.9. The van der Waals surface area contributed by atoms with Gasteiger partial charge < -0.3 is 14.6 Å². The normalized spacial score (nSPS) is 12.3. The quantitative estimate of drug-likeness (QED) is 0.310. The van der Waals surface area contributed by atoms with Crippen molar-refractivity contribution in [1.82, 2.24) is 10.4 Å². The van der Waals surface area contributed by atoms with Crippen LogP contribution in [0.15, 0.2) is 84.9 Å². The van der Waals surface area contributed by atoms with E-state index in [1.807, 2.05) is 79.7 Å². The van der Waals surface area contributed by atoms with Crippen molar-refractivity contribution in [1.29, 1.82) is 0 Å². The van der Waals surface area contributed by atoms with Crippen LogP contribution in [0.5, 0.6) is 0 Å². The molecule has 2 atom stereocenters. The summed E-state index contributed by atoms with van der Waals surface area (Å²) in [7, 11) is 1.22. The monoisotopic (exact) mass is 490 g/mol. The van der Waals surface area contributed by atoms with Crippen molar-refractivity contribution in [2.45, 2.75) is 38.5 Å². The minimum atomic E-state index is -1.21. The molecule has 1 amide bonds. The van der Waals surface area contributed by atoms with Crippen LogP contribution in [0, 0.1) is 6.92 Å². The van der Waals surface area contributed by atoms with E-state index in [0.29, 0.717) is 0 Å². The molecule has 8 nitrogen and oxygen atoms in total. The number of nitrogens with zero attached hydrogens (tertiary/aromatic N) is 1. The molecule has 36 heavy (non-hydrogen) atoms. The zero-order valence-corrected chi connectivity index (χ0v) is 20.3. The van der Waals surface area contributed by atoms with Crippen LogP contribution in [0.1, 0.15) is 22.3 Å². The smallest absolute Gasteiger partial charge is 0.425 e. The molecular weight excluding hydrogens is 460 g/mol. The second-order valence-corrected chi connectivity index (χ2v) is 8.35. The minimum absolute atomic E-state index is 0.0488. The molecular formula is C28H30N2O6. The predicted octanol–water partition coefficient (Wildman–Crippen LogP) is 3.92. The maximum Gasteiger partial charge on any atom is 0.425 e. The van der Waals surface area contributed by atoms with Gasteiger partial charge in [-0.1, -0.05) is 90.5 Å². The van der Waals surface area contributed by atoms with E-state index in [1.54, 1.807) is 12.1 Å². The van der Waals surface area contributed by atoms with E-state index in [0.717, 1.165) is 27.3 Å². The fourth-order valence-electron chi connectivity index (χ4n) is 3.63. The summed E-state index contributed by atoms with van der Waals surface area (Å²) in [6.07, 6.45) is -0.713. The average molecular weight is 491 g/mol. The number of carboxylic acid groups (broad SMARTS) is 1. The van der Waals surface area contributed by atoms with E-state index in [1.165, 1.54) is 7.11 Å². The number of benzene rings is 3. The third-order valence-corrected chi connectivity index (χ3v) is 5.61. The number of rotatable bonds is 11. The van der Waals surface area contributed by atoms with E-state index < -0.39 is 30.1 Å². The van der Waals surface area contributed by atoms with Gasteiger partial charge in [-0.05, 0) is 23.6 Å². The molecule has 0 unspecified atom stereocenters. The van der Waals surface area contributed by atoms with Crippen LogP contribution in [-0.2, 0) is 38.5 Å². The fourth-order valence-corrected chi connectivity index (χ4v) is 3.63. The molecule has 188 valence electrons. The summed E-state index contributed by atoms with van der Waals surface area (Å²) < 4.78 is 10.5. The lowest BCUT2D eigenvalue weighted by molar-refractivity contribution is -0.150. The number of amides is 1. The number of ether oxygens (including phenoxy) is 2. The lowest BCUT2D eigenvalue weighted by atomic mass is 10.0. The van der Waals surface area contributed by atoms with E-state index in [4.69, 9.17) is 9.47 Å². The number of hydrogen-bond acceptors (Lipinski definition) is 6. The Kier molecular flexibility index (Phi) is 9.59. The zero-order valence-electron chi connectivity index (χ0n) is 20.3. The highest BCUT2D eigenvalue weighted by molar-refractivity contribution is 5.82. The summed E-state index contributed by atoms with van der Waals surface area (Å²) in [6.45, 7) is 1.89. The largest absolute Gasteiger partial charge is 0.480 e. The van der Waals surface area contributed by atoms with Gasteiger partial charge in [0.05, 0.1) is 7.11 Å². The van der Waals surface area contributed by atoms with Gasteiger partial charge in [-0.3, -0.25) is 4.79 Å². The molecule has 0 aliphatic carbocycles. The fraction of sp³-hybridized carbons (Fsp3) is 0.250. The van der Waals surface area contributed by atoms with Crippen molar-refractivity contribution < 1.29 is 29.0 Å². The summed E-state index contributed by atoms with van der Waals surface area (Å²) in [5.41, 5.74) is 6.06. The highest BCUT2D eigenvalue weighted by Crippen LogP contribution is 2.14. The molecule has 0 fully saturated rings. The SMILES string of the molecule is COC(=O)[C@H](Cc1ccccc1)N(N[C@@H](Cc1ccc(C)cc1)C(=O)O)C(=O)OCc1ccccc1. The molecule has 3 aromatic rings. The maximum absolute atomic E-state index is 13.3. The summed E-state index contributed by atoms with van der Waals surface area (Å²) in [5.74, 6) is -1.89. The molecule has 0 saturated carbocycles. The Morgan fingerprint density at radius 1 is 0.833 bits per heavy atom. The van der Waals surface area contributed by atoms with Crippen LogP contribution < -0.4 is 5.43 Å². The summed E-state index contributed by atoms with van der Waals surface area (Å²) in [5, 5.41) is 10.9. The Bertz CT molecular complexity index is 1140. The van der Waals surface area contributed by atoms with Crippen molar-refractivity contribution in [3.8, 4) is 0 Å². The Balaban J connectivity index is 1.89. The van der Waals surface area contributed by atoms with Crippen LogP contribution in [-0.4, -0.2) is 47.3 Å². The summed E-state index contributed by atoms with van der Waals surface area (Å²) in [4.78, 5) is 38.3. The van der Waals surface area contributed by atoms with Gasteiger partial charge in [0, 0.05) is 12.8 Å². The standard InChI is InChI=1S/C28H30N2O6/c1-20-13-15-22(16-14-20)17-24(26(31)32)29-30(28(34)36-19-23-11-7-4-8-12-23)25(27(33)35-2)18-21-9-5-3-6-10-21/h3-16,24-25,29H,17-19H2,1-2H3,(H,31,32)/t24-,25-/m0/s1. The van der Waals surface area contributed by atoms with Gasteiger partial charge in [0.1, 0.15) is 12.6 Å². The van der Waals surface area contributed by atoms with Gasteiger partial charge in [0.25, 0.3) is 0 Å². The first-order valence-corrected chi connectivity index (χ1v) is 11.5. The minimum Gasteiger partial charge on any atom is -0.480 e. The molecule has 0 bridgehead atoms. The molecule has 0 aliphatic heterocycles. The predicted molar refractivity (Wildman–Crippen MR) is 134 cm³/mol. The molecule has 3 rings (SSSR count). The third kappa shape index (κ3) is 7.68. The second kappa shape index (κ2) is 13.1. The van der Waals surface area contributed by atoms with Crippen LogP contribution in [0.2, 0.25) is 0 Å². The number of hydrogen-bond donors (Lipinski definition) is 2. The van der Waals surface area contributed by atoms with Crippen LogP contribution in [0.3, 0.4) is 0 Å². The first kappa shape index (κ1) is 26.4. The number of aryl methyl sites for hydroxylation is 1. The van der Waals surface area contributed by atoms with Gasteiger partial charge in [-0.25, -0.2) is 20.0 Å². The van der Waals surface area contributed by atoms with Gasteiger partial charge >= 0.3 is 18.0 Å². The molecule has 0 heterocycles. The Labute approximate surface area is 210 Å². The van der Waals surface area contributed by atoms with Crippen molar-refractivity contribution in [2.24, 2.45) is 0 Å². The maximum atomic E-state index is 13.3. The molecule has 2 N–H and O–H groups in total. The molecule has 0 radical (unpaired) electrons. The topological polar surface area (TPSA) is 105 Å². The number of carbonyl (C=O) groups is 3. The molecule has 8 heteroatoms. The molecule has 3 aromatic carbocycles. The van der Waals surface area contributed by atoms with Crippen molar-refractivity contribution in [3.05, 3.63) is 107 Å². The summed E-state index contributed by atoms with van der Waals surface area (Å²) in [6, 6.07) is 23.2. The van der Waals surface area contributed by atoms with Crippen LogP contribution in [0.25, 0.3) is 0 Å². The Morgan fingerprint density at radius 2 is 1.39 bits per heavy atom. The second-order valence-electron chi connectivity index (χ2n) is 8.35. The van der Waals surface area contributed by atoms with Gasteiger partial charge in [0.15, 0.2) is 6.04 Å². The Hall–Kier alpha value is -4.17. The van der Waals surface area contributed by atoms with E-state index in [-0.39, 0.29) is 19.4 Å². The molecule has 0 saturated heterocycles. The number of hydrazine groups is 1. The number of carboxylic acids is 1. The van der Waals surface area contributed by atoms with Crippen LogP contribution >= 0.6 is 0 Å². The first-order chi connectivity index (χ1) is 17.4. The van der Waals surface area contributed by atoms with Crippen LogP contribution in [0.4, 0.5) is 4.79 Å². The third-order valence-electron chi connectivity index (χ3n) is 5.61. The molecule has 0 spiro atoms. The van der Waals surface area contributed by atoms with Crippen molar-refractivity contribution in [2.75, 3.05) is 7.11 Å². The summed E-state index contributed by atoms with van der Waals surface area (Å²) >= 11 is 0. The van der Waals surface area contributed by atoms with Gasteiger partial charge in [-0.2, -0.15) is 0 Å². The Morgan fingerprint density at radius 3 is 1.94 bits per heavy atom. The highest BCUT2D eigenvalue weighted by atomic mass is 16.6. The van der Waals surface area contributed by atoms with E-state index >= 15 is 0 Å². The average Bonchev–Trinajstić information content (AvgIpc) is 2.90. The number of carbonyl (C=O) groups excluding carboxylic acids is 2. The number of methoxy groups -OCH3 is 1. The van der Waals surface area contributed by atoms with Crippen molar-refractivity contribution in [3.63, 3.8) is 0 Å². The number of aliphatic carboxylic acids is 1. The lowest BCUT2D eigenvalue weighted by Crippen LogP contribution is -2.59. The van der Waals surface area contributed by atoms with E-state index in [9.17, 15) is 19.5 Å². The molecule has 0 aliphatic rings. The molecule has 0 aromatic heterocycles. The lowest BCUT2D eigenvalue weighted by Gasteiger charge is -2.32.